The molecule has 0 bridgehead atoms. The molecule has 0 unspecified atom stereocenters. The van der Waals surface area contributed by atoms with Crippen molar-refractivity contribution in [1.29, 1.82) is 0 Å². The summed E-state index contributed by atoms with van der Waals surface area (Å²) in [5, 5.41) is 3.17. The molecule has 0 aliphatic heterocycles. The lowest BCUT2D eigenvalue weighted by Gasteiger charge is -2.02. The fourth-order valence-corrected chi connectivity index (χ4v) is 3.27. The van der Waals surface area contributed by atoms with E-state index in [-0.39, 0.29) is 0 Å². The van der Waals surface area contributed by atoms with E-state index in [2.05, 4.69) is 35.0 Å². The Kier molecular flexibility index (Phi) is 2.30. The molecule has 0 aliphatic rings. The first-order chi connectivity index (χ1) is 6.24. The number of anilines is 1. The van der Waals surface area contributed by atoms with Gasteiger partial charge >= 0.3 is 0 Å². The van der Waals surface area contributed by atoms with Crippen LogP contribution < -0.4 is 5.73 Å². The van der Waals surface area contributed by atoms with Gasteiger partial charge in [0.2, 0.25) is 0 Å². The van der Waals surface area contributed by atoms with Gasteiger partial charge in [-0.3, -0.25) is 0 Å². The van der Waals surface area contributed by atoms with E-state index in [1.54, 1.807) is 11.3 Å². The molecule has 2 rings (SSSR count). The molecule has 68 valence electrons. The molecule has 1 aromatic carbocycles. The monoisotopic (exact) mass is 255 g/mol. The second-order valence-electron chi connectivity index (χ2n) is 2.96. The third-order valence-corrected chi connectivity index (χ3v) is 4.04. The van der Waals surface area contributed by atoms with Crippen molar-refractivity contribution in [2.75, 3.05) is 5.73 Å². The van der Waals surface area contributed by atoms with E-state index in [1.165, 1.54) is 15.6 Å². The summed E-state index contributed by atoms with van der Waals surface area (Å²) in [6.45, 7) is 2.15. The molecule has 0 aliphatic carbocycles. The summed E-state index contributed by atoms with van der Waals surface area (Å²) in [5.74, 6) is 0. The largest absolute Gasteiger partial charge is 0.398 e. The van der Waals surface area contributed by atoms with Gasteiger partial charge in [-0.2, -0.15) is 0 Å². The van der Waals surface area contributed by atoms with Crippen LogP contribution >= 0.6 is 27.3 Å². The third-order valence-electron chi connectivity index (χ3n) is 2.17. The summed E-state index contributed by atoms with van der Waals surface area (Å²) in [5.41, 5.74) is 8.08. The number of rotatable bonds is 1. The van der Waals surface area contributed by atoms with Gasteiger partial charge in [0.05, 0.1) is 5.69 Å². The SMILES string of the molecule is CCc1ccc2scc(N)c2c1Br. The van der Waals surface area contributed by atoms with Crippen LogP contribution in [0.5, 0.6) is 0 Å². The maximum Gasteiger partial charge on any atom is 0.0514 e. The van der Waals surface area contributed by atoms with Crippen molar-refractivity contribution in [3.05, 3.63) is 27.5 Å². The highest BCUT2D eigenvalue weighted by Crippen LogP contribution is 2.36. The van der Waals surface area contributed by atoms with Crippen molar-refractivity contribution in [3.63, 3.8) is 0 Å². The lowest BCUT2D eigenvalue weighted by molar-refractivity contribution is 1.14. The average molecular weight is 256 g/mol. The second-order valence-corrected chi connectivity index (χ2v) is 4.66. The molecule has 0 amide bonds. The molecule has 0 fully saturated rings. The molecule has 13 heavy (non-hydrogen) atoms. The summed E-state index contributed by atoms with van der Waals surface area (Å²) in [4.78, 5) is 0. The Morgan fingerprint density at radius 2 is 2.23 bits per heavy atom. The van der Waals surface area contributed by atoms with E-state index in [0.717, 1.165) is 16.6 Å². The number of nitrogens with two attached hydrogens (primary N) is 1. The molecule has 1 aromatic heterocycles. The van der Waals surface area contributed by atoms with E-state index in [9.17, 15) is 0 Å². The minimum absolute atomic E-state index is 0.877. The van der Waals surface area contributed by atoms with E-state index >= 15 is 0 Å². The molecular weight excluding hydrogens is 246 g/mol. The first-order valence-corrected chi connectivity index (χ1v) is 5.85. The summed E-state index contributed by atoms with van der Waals surface area (Å²) < 4.78 is 2.41. The smallest absolute Gasteiger partial charge is 0.0514 e. The van der Waals surface area contributed by atoms with E-state index < -0.39 is 0 Å². The van der Waals surface area contributed by atoms with Crippen LogP contribution in [-0.4, -0.2) is 0 Å². The summed E-state index contributed by atoms with van der Waals surface area (Å²) >= 11 is 5.29. The number of thiophene rings is 1. The highest BCUT2D eigenvalue weighted by Gasteiger charge is 2.07. The predicted octanol–water partition coefficient (Wildman–Crippen LogP) is 3.81. The van der Waals surface area contributed by atoms with Gasteiger partial charge in [-0.15, -0.1) is 11.3 Å². The topological polar surface area (TPSA) is 26.0 Å². The number of hydrogen-bond acceptors (Lipinski definition) is 2. The third kappa shape index (κ3) is 1.36. The zero-order valence-electron chi connectivity index (χ0n) is 7.30. The molecule has 0 spiro atoms. The Morgan fingerprint density at radius 1 is 1.46 bits per heavy atom. The Bertz CT molecular complexity index is 447. The summed E-state index contributed by atoms with van der Waals surface area (Å²) in [7, 11) is 0. The van der Waals surface area contributed by atoms with Crippen molar-refractivity contribution >= 4 is 43.0 Å². The Hall–Kier alpha value is -0.540. The van der Waals surface area contributed by atoms with Gasteiger partial charge in [-0.25, -0.2) is 0 Å². The molecule has 2 N–H and O–H groups in total. The Balaban J connectivity index is 2.83. The summed E-state index contributed by atoms with van der Waals surface area (Å²) in [6, 6.07) is 4.29. The molecule has 1 heterocycles. The van der Waals surface area contributed by atoms with E-state index in [1.807, 2.05) is 5.38 Å². The number of nitrogen functional groups attached to an aromatic ring is 1. The van der Waals surface area contributed by atoms with Gasteiger partial charge < -0.3 is 5.73 Å². The molecule has 0 saturated carbocycles. The highest BCUT2D eigenvalue weighted by molar-refractivity contribution is 9.10. The predicted molar refractivity (Wildman–Crippen MR) is 63.3 cm³/mol. The van der Waals surface area contributed by atoms with Crippen LogP contribution in [-0.2, 0) is 6.42 Å². The second kappa shape index (κ2) is 3.31. The van der Waals surface area contributed by atoms with Crippen molar-refractivity contribution in [1.82, 2.24) is 0 Å². The van der Waals surface area contributed by atoms with Crippen LogP contribution in [0.25, 0.3) is 10.1 Å². The fraction of sp³-hybridized carbons (Fsp3) is 0.200. The number of hydrogen-bond donors (Lipinski definition) is 1. The fourth-order valence-electron chi connectivity index (χ4n) is 1.43. The lowest BCUT2D eigenvalue weighted by Crippen LogP contribution is -1.86. The van der Waals surface area contributed by atoms with Gasteiger partial charge in [-0.05, 0) is 34.0 Å². The Morgan fingerprint density at radius 3 is 2.92 bits per heavy atom. The maximum atomic E-state index is 5.88. The first kappa shape index (κ1) is 9.03. The normalized spacial score (nSPS) is 10.9. The van der Waals surface area contributed by atoms with Crippen LogP contribution in [0, 0.1) is 0 Å². The van der Waals surface area contributed by atoms with Gasteiger partial charge in [0.15, 0.2) is 0 Å². The maximum absolute atomic E-state index is 5.88. The zero-order chi connectivity index (χ0) is 9.42. The zero-order valence-corrected chi connectivity index (χ0v) is 9.71. The quantitative estimate of drug-likeness (QED) is 0.824. The van der Waals surface area contributed by atoms with Gasteiger partial charge in [0, 0.05) is 19.9 Å². The molecular formula is C10H10BrNS. The minimum Gasteiger partial charge on any atom is -0.398 e. The summed E-state index contributed by atoms with van der Waals surface area (Å²) in [6.07, 6.45) is 1.03. The lowest BCUT2D eigenvalue weighted by atomic mass is 10.1. The van der Waals surface area contributed by atoms with Crippen LogP contribution in [0.3, 0.4) is 0 Å². The molecule has 1 nitrogen and oxygen atoms in total. The van der Waals surface area contributed by atoms with Crippen molar-refractivity contribution in [2.24, 2.45) is 0 Å². The van der Waals surface area contributed by atoms with E-state index in [0.29, 0.717) is 0 Å². The Labute approximate surface area is 89.7 Å². The highest BCUT2D eigenvalue weighted by atomic mass is 79.9. The minimum atomic E-state index is 0.877. The molecule has 0 radical (unpaired) electrons. The number of halogens is 1. The van der Waals surface area contributed by atoms with Crippen LogP contribution in [0.15, 0.2) is 22.0 Å². The van der Waals surface area contributed by atoms with Crippen molar-refractivity contribution in [2.45, 2.75) is 13.3 Å². The van der Waals surface area contributed by atoms with Gasteiger partial charge in [-0.1, -0.05) is 13.0 Å². The van der Waals surface area contributed by atoms with Crippen LogP contribution in [0.2, 0.25) is 0 Å². The van der Waals surface area contributed by atoms with Gasteiger partial charge in [0.25, 0.3) is 0 Å². The number of aryl methyl sites for hydroxylation is 1. The first-order valence-electron chi connectivity index (χ1n) is 4.18. The standard InChI is InChI=1S/C10H10BrNS/c1-2-6-3-4-8-9(10(6)11)7(12)5-13-8/h3-5H,2,12H2,1H3. The molecule has 0 atom stereocenters. The van der Waals surface area contributed by atoms with Crippen LogP contribution in [0.4, 0.5) is 5.69 Å². The molecule has 3 heteroatoms. The molecule has 0 saturated heterocycles. The number of fused-ring (bicyclic) bond motifs is 1. The number of benzene rings is 1. The average Bonchev–Trinajstić information content (AvgIpc) is 2.49. The van der Waals surface area contributed by atoms with E-state index in [4.69, 9.17) is 5.73 Å². The van der Waals surface area contributed by atoms with Crippen molar-refractivity contribution in [3.8, 4) is 0 Å². The molecule has 2 aromatic rings. The van der Waals surface area contributed by atoms with Crippen molar-refractivity contribution < 1.29 is 0 Å². The van der Waals surface area contributed by atoms with Gasteiger partial charge in [0.1, 0.15) is 0 Å². The van der Waals surface area contributed by atoms with Crippen LogP contribution in [0.1, 0.15) is 12.5 Å².